The Morgan fingerprint density at radius 3 is 2.60 bits per heavy atom. The fourth-order valence-corrected chi connectivity index (χ4v) is 0.652. The van der Waals surface area contributed by atoms with Gasteiger partial charge >= 0.3 is 0 Å². The van der Waals surface area contributed by atoms with Crippen molar-refractivity contribution in [3.05, 3.63) is 0 Å². The van der Waals surface area contributed by atoms with Crippen molar-refractivity contribution < 1.29 is 9.47 Å². The molecule has 1 N–H and O–H groups in total. The maximum atomic E-state index is 5.30. The monoisotopic (exact) mass is 145 g/mol. The van der Waals surface area contributed by atoms with Crippen LogP contribution in [0.3, 0.4) is 0 Å². The third kappa shape index (κ3) is 2.64. The molecule has 1 aliphatic heterocycles. The van der Waals surface area contributed by atoms with Gasteiger partial charge in [-0.2, -0.15) is 0 Å². The van der Waals surface area contributed by atoms with Crippen LogP contribution in [0.2, 0.25) is 0 Å². The van der Waals surface area contributed by atoms with Crippen molar-refractivity contribution in [2.75, 3.05) is 19.9 Å². The average Bonchev–Trinajstić information content (AvgIpc) is 1.75. The number of rotatable bonds is 4. The largest absolute Gasteiger partial charge is 0.353 e. The van der Waals surface area contributed by atoms with Gasteiger partial charge in [-0.05, 0) is 13.8 Å². The average molecular weight is 145 g/mol. The summed E-state index contributed by atoms with van der Waals surface area (Å²) < 4.78 is 10.5. The smallest absolute Gasteiger partial charge is 0.147 e. The van der Waals surface area contributed by atoms with Crippen LogP contribution in [0.5, 0.6) is 0 Å². The van der Waals surface area contributed by atoms with E-state index in [1.807, 2.05) is 13.8 Å². The van der Waals surface area contributed by atoms with Gasteiger partial charge in [-0.15, -0.1) is 0 Å². The molecular weight excluding hydrogens is 130 g/mol. The van der Waals surface area contributed by atoms with Gasteiger partial charge in [0, 0.05) is 13.1 Å². The van der Waals surface area contributed by atoms with E-state index in [2.05, 4.69) is 5.32 Å². The molecule has 10 heavy (non-hydrogen) atoms. The summed E-state index contributed by atoms with van der Waals surface area (Å²) in [7, 11) is 0. The summed E-state index contributed by atoms with van der Waals surface area (Å²) in [4.78, 5) is 0. The van der Waals surface area contributed by atoms with E-state index >= 15 is 0 Å². The van der Waals surface area contributed by atoms with Crippen molar-refractivity contribution >= 4 is 0 Å². The molecule has 0 bridgehead atoms. The highest BCUT2D eigenvalue weighted by atomic mass is 16.7. The SMILES string of the molecule is CC(C)OCOC1CNC1. The zero-order valence-electron chi connectivity index (χ0n) is 6.59. The van der Waals surface area contributed by atoms with Gasteiger partial charge in [0.15, 0.2) is 0 Å². The molecule has 0 aromatic rings. The molecule has 3 heteroatoms. The molecular formula is C7H15NO2. The first kappa shape index (κ1) is 7.98. The summed E-state index contributed by atoms with van der Waals surface area (Å²) in [6.07, 6.45) is 0.659. The van der Waals surface area contributed by atoms with Crippen LogP contribution in [-0.2, 0) is 9.47 Å². The second-order valence-corrected chi connectivity index (χ2v) is 2.78. The Labute approximate surface area is 61.7 Å². The third-order valence-corrected chi connectivity index (χ3v) is 1.45. The van der Waals surface area contributed by atoms with Crippen molar-refractivity contribution in [2.45, 2.75) is 26.1 Å². The van der Waals surface area contributed by atoms with E-state index in [0.717, 1.165) is 13.1 Å². The Kier molecular flexibility index (Phi) is 3.12. The van der Waals surface area contributed by atoms with Crippen LogP contribution < -0.4 is 5.32 Å². The van der Waals surface area contributed by atoms with Gasteiger partial charge in [0.05, 0.1) is 12.2 Å². The van der Waals surface area contributed by atoms with E-state index in [1.54, 1.807) is 0 Å². The van der Waals surface area contributed by atoms with Crippen LogP contribution in [0.4, 0.5) is 0 Å². The predicted octanol–water partition coefficient (Wildman–Crippen LogP) is 0.357. The van der Waals surface area contributed by atoms with Crippen LogP contribution in [0.1, 0.15) is 13.8 Å². The molecule has 1 fully saturated rings. The van der Waals surface area contributed by atoms with Gasteiger partial charge in [0.25, 0.3) is 0 Å². The molecule has 0 amide bonds. The Hall–Kier alpha value is -0.120. The van der Waals surface area contributed by atoms with E-state index in [0.29, 0.717) is 12.9 Å². The highest BCUT2D eigenvalue weighted by molar-refractivity contribution is 4.73. The van der Waals surface area contributed by atoms with E-state index in [4.69, 9.17) is 9.47 Å². The molecule has 0 atom stereocenters. The quantitative estimate of drug-likeness (QED) is 0.579. The molecule has 0 unspecified atom stereocenters. The lowest BCUT2D eigenvalue weighted by Crippen LogP contribution is -2.48. The van der Waals surface area contributed by atoms with Crippen molar-refractivity contribution in [2.24, 2.45) is 0 Å². The molecule has 60 valence electrons. The lowest BCUT2D eigenvalue weighted by molar-refractivity contribution is -0.120. The standard InChI is InChI=1S/C7H15NO2/c1-6(2)9-5-10-7-3-8-4-7/h6-8H,3-5H2,1-2H3. The second kappa shape index (κ2) is 3.91. The maximum Gasteiger partial charge on any atom is 0.147 e. The Morgan fingerprint density at radius 2 is 2.20 bits per heavy atom. The first-order valence-corrected chi connectivity index (χ1v) is 3.73. The minimum absolute atomic E-state index is 0.271. The third-order valence-electron chi connectivity index (χ3n) is 1.45. The van der Waals surface area contributed by atoms with Crippen LogP contribution >= 0.6 is 0 Å². The number of hydrogen-bond acceptors (Lipinski definition) is 3. The maximum absolute atomic E-state index is 5.30. The van der Waals surface area contributed by atoms with E-state index in [1.165, 1.54) is 0 Å². The highest BCUT2D eigenvalue weighted by Gasteiger charge is 2.16. The van der Waals surface area contributed by atoms with E-state index < -0.39 is 0 Å². The zero-order chi connectivity index (χ0) is 7.40. The zero-order valence-corrected chi connectivity index (χ0v) is 6.59. The normalized spacial score (nSPS) is 19.5. The number of ether oxygens (including phenoxy) is 2. The van der Waals surface area contributed by atoms with Gasteiger partial charge in [-0.25, -0.2) is 0 Å². The second-order valence-electron chi connectivity index (χ2n) is 2.78. The van der Waals surface area contributed by atoms with Gasteiger partial charge in [0.2, 0.25) is 0 Å². The Balaban J connectivity index is 1.85. The van der Waals surface area contributed by atoms with Crippen molar-refractivity contribution in [3.63, 3.8) is 0 Å². The van der Waals surface area contributed by atoms with E-state index in [-0.39, 0.29) is 6.10 Å². The first-order valence-electron chi connectivity index (χ1n) is 3.73. The van der Waals surface area contributed by atoms with Crippen LogP contribution in [-0.4, -0.2) is 32.1 Å². The summed E-state index contributed by atoms with van der Waals surface area (Å²) in [5, 5.41) is 3.12. The van der Waals surface area contributed by atoms with Gasteiger partial charge in [0.1, 0.15) is 6.79 Å². The van der Waals surface area contributed by atoms with Crippen molar-refractivity contribution in [3.8, 4) is 0 Å². The topological polar surface area (TPSA) is 30.5 Å². The molecule has 0 aliphatic carbocycles. The molecule has 1 aliphatic rings. The predicted molar refractivity (Wildman–Crippen MR) is 38.8 cm³/mol. The Bertz CT molecular complexity index is 91.6. The summed E-state index contributed by atoms with van der Waals surface area (Å²) in [5.41, 5.74) is 0. The number of hydrogen-bond donors (Lipinski definition) is 1. The summed E-state index contributed by atoms with van der Waals surface area (Å²) >= 11 is 0. The Morgan fingerprint density at radius 1 is 1.50 bits per heavy atom. The molecule has 3 nitrogen and oxygen atoms in total. The molecule has 0 aromatic carbocycles. The van der Waals surface area contributed by atoms with Gasteiger partial charge in [-0.3, -0.25) is 0 Å². The molecule has 1 rings (SSSR count). The molecule has 1 heterocycles. The van der Waals surface area contributed by atoms with Crippen molar-refractivity contribution in [1.29, 1.82) is 0 Å². The lowest BCUT2D eigenvalue weighted by atomic mass is 10.2. The molecule has 0 aromatic heterocycles. The van der Waals surface area contributed by atoms with Gasteiger partial charge in [-0.1, -0.05) is 0 Å². The summed E-state index contributed by atoms with van der Waals surface area (Å²) in [6, 6.07) is 0. The van der Waals surface area contributed by atoms with Gasteiger partial charge < -0.3 is 14.8 Å². The van der Waals surface area contributed by atoms with Crippen molar-refractivity contribution in [1.82, 2.24) is 5.32 Å². The minimum atomic E-state index is 0.271. The van der Waals surface area contributed by atoms with E-state index in [9.17, 15) is 0 Å². The molecule has 0 spiro atoms. The molecule has 0 saturated carbocycles. The van der Waals surface area contributed by atoms with Crippen LogP contribution in [0.15, 0.2) is 0 Å². The fourth-order valence-electron chi connectivity index (χ4n) is 0.652. The summed E-state index contributed by atoms with van der Waals surface area (Å²) in [6.45, 7) is 6.39. The highest BCUT2D eigenvalue weighted by Crippen LogP contribution is 1.98. The fraction of sp³-hybridized carbons (Fsp3) is 1.00. The van der Waals surface area contributed by atoms with Crippen LogP contribution in [0.25, 0.3) is 0 Å². The van der Waals surface area contributed by atoms with Crippen LogP contribution in [0, 0.1) is 0 Å². The minimum Gasteiger partial charge on any atom is -0.353 e. The first-order chi connectivity index (χ1) is 4.79. The lowest BCUT2D eigenvalue weighted by Gasteiger charge is -2.27. The number of nitrogens with one attached hydrogen (secondary N) is 1. The summed E-state index contributed by atoms with van der Waals surface area (Å²) in [5.74, 6) is 0. The molecule has 0 radical (unpaired) electrons. The molecule has 1 saturated heterocycles.